The molecule has 1 heterocycles. The maximum absolute atomic E-state index is 12.1. The Balaban J connectivity index is 2.33. The van der Waals surface area contributed by atoms with E-state index in [-0.39, 0.29) is 11.8 Å². The number of rotatable bonds is 1. The van der Waals surface area contributed by atoms with Crippen LogP contribution in [0.1, 0.15) is 31.1 Å². The zero-order valence-corrected chi connectivity index (χ0v) is 10.1. The maximum Gasteiger partial charge on any atom is 0.281 e. The second kappa shape index (κ2) is 3.80. The van der Waals surface area contributed by atoms with Crippen molar-refractivity contribution in [2.75, 3.05) is 0 Å². The van der Waals surface area contributed by atoms with Crippen molar-refractivity contribution in [2.24, 2.45) is 10.5 Å². The van der Waals surface area contributed by atoms with E-state index in [4.69, 9.17) is 0 Å². The second-order valence-corrected chi connectivity index (χ2v) is 4.60. The molecular formula is C13H14N2O2. The topological polar surface area (TPSA) is 49.7 Å². The summed E-state index contributed by atoms with van der Waals surface area (Å²) in [5.74, 6) is -0.649. The van der Waals surface area contributed by atoms with E-state index in [9.17, 15) is 9.59 Å². The Labute approximate surface area is 99.9 Å². The fourth-order valence-corrected chi connectivity index (χ4v) is 1.58. The van der Waals surface area contributed by atoms with E-state index in [1.54, 1.807) is 45.0 Å². The van der Waals surface area contributed by atoms with E-state index < -0.39 is 5.41 Å². The van der Waals surface area contributed by atoms with Gasteiger partial charge >= 0.3 is 0 Å². The normalized spacial score (nSPS) is 18.2. The first-order chi connectivity index (χ1) is 7.94. The zero-order valence-electron chi connectivity index (χ0n) is 10.1. The number of hydrogen-bond donors (Lipinski definition) is 0. The summed E-state index contributed by atoms with van der Waals surface area (Å²) in [7, 11) is 0. The van der Waals surface area contributed by atoms with Gasteiger partial charge in [-0.05, 0) is 32.9 Å². The zero-order chi connectivity index (χ0) is 12.6. The molecule has 17 heavy (non-hydrogen) atoms. The molecule has 0 aromatic heterocycles. The molecule has 0 aliphatic carbocycles. The van der Waals surface area contributed by atoms with E-state index >= 15 is 0 Å². The van der Waals surface area contributed by atoms with Crippen molar-refractivity contribution in [3.05, 3.63) is 35.9 Å². The lowest BCUT2D eigenvalue weighted by Gasteiger charge is -2.17. The third-order valence-electron chi connectivity index (χ3n) is 3.09. The summed E-state index contributed by atoms with van der Waals surface area (Å²) in [6, 6.07) is 8.68. The smallest absolute Gasteiger partial charge is 0.271 e. The standard InChI is InChI=1S/C13H14N2O2/c1-9-13(2,3)12(17)15(14-9)11(16)10-7-5-4-6-8-10/h4-8H,1-3H3. The SMILES string of the molecule is CC1=NN(C(=O)c2ccccc2)C(=O)C1(C)C. The predicted molar refractivity (Wildman–Crippen MR) is 64.5 cm³/mol. The number of hydrogen-bond acceptors (Lipinski definition) is 3. The van der Waals surface area contributed by atoms with Crippen LogP contribution >= 0.6 is 0 Å². The van der Waals surface area contributed by atoms with Crippen molar-refractivity contribution in [3.63, 3.8) is 0 Å². The lowest BCUT2D eigenvalue weighted by atomic mass is 9.88. The Hall–Kier alpha value is -1.97. The number of carbonyl (C=O) groups is 2. The second-order valence-electron chi connectivity index (χ2n) is 4.60. The molecule has 0 fully saturated rings. The highest BCUT2D eigenvalue weighted by atomic mass is 16.2. The molecular weight excluding hydrogens is 216 g/mol. The van der Waals surface area contributed by atoms with Gasteiger partial charge in [0.15, 0.2) is 0 Å². The van der Waals surface area contributed by atoms with E-state index in [0.717, 1.165) is 5.01 Å². The molecule has 0 spiro atoms. The Morgan fingerprint density at radius 3 is 2.29 bits per heavy atom. The van der Waals surface area contributed by atoms with Gasteiger partial charge < -0.3 is 0 Å². The van der Waals surface area contributed by atoms with Crippen molar-refractivity contribution in [2.45, 2.75) is 20.8 Å². The summed E-state index contributed by atoms with van der Waals surface area (Å²) >= 11 is 0. The number of amides is 2. The molecule has 1 aliphatic rings. The van der Waals surface area contributed by atoms with Gasteiger partial charge in [0, 0.05) is 5.56 Å². The van der Waals surface area contributed by atoms with Crippen LogP contribution in [0, 0.1) is 5.41 Å². The minimum absolute atomic E-state index is 0.274. The first-order valence-corrected chi connectivity index (χ1v) is 5.44. The van der Waals surface area contributed by atoms with Crippen molar-refractivity contribution >= 4 is 17.5 Å². The van der Waals surface area contributed by atoms with Crippen LogP contribution in [-0.2, 0) is 4.79 Å². The lowest BCUT2D eigenvalue weighted by molar-refractivity contribution is -0.132. The maximum atomic E-state index is 12.1. The summed E-state index contributed by atoms with van der Waals surface area (Å²) in [6.45, 7) is 5.30. The molecule has 1 aromatic rings. The summed E-state index contributed by atoms with van der Waals surface area (Å²) in [4.78, 5) is 24.1. The van der Waals surface area contributed by atoms with Gasteiger partial charge in [-0.3, -0.25) is 9.59 Å². The largest absolute Gasteiger partial charge is 0.281 e. The molecule has 0 saturated carbocycles. The molecule has 0 unspecified atom stereocenters. The van der Waals surface area contributed by atoms with Crippen LogP contribution in [-0.4, -0.2) is 22.5 Å². The van der Waals surface area contributed by atoms with Gasteiger partial charge in [0.1, 0.15) is 0 Å². The van der Waals surface area contributed by atoms with E-state index in [2.05, 4.69) is 5.10 Å². The molecule has 0 saturated heterocycles. The van der Waals surface area contributed by atoms with Crippen LogP contribution in [0.2, 0.25) is 0 Å². The summed E-state index contributed by atoms with van der Waals surface area (Å²) in [6.07, 6.45) is 0. The van der Waals surface area contributed by atoms with E-state index in [1.165, 1.54) is 0 Å². The molecule has 0 radical (unpaired) electrons. The molecule has 1 aromatic carbocycles. The van der Waals surface area contributed by atoms with E-state index in [0.29, 0.717) is 11.3 Å². The average Bonchev–Trinajstić information content (AvgIpc) is 2.53. The molecule has 4 nitrogen and oxygen atoms in total. The Morgan fingerprint density at radius 1 is 1.24 bits per heavy atom. The van der Waals surface area contributed by atoms with E-state index in [1.807, 2.05) is 6.07 Å². The monoisotopic (exact) mass is 230 g/mol. The molecule has 88 valence electrons. The van der Waals surface area contributed by atoms with Crippen LogP contribution in [0.15, 0.2) is 35.4 Å². The van der Waals surface area contributed by atoms with Crippen molar-refractivity contribution in [3.8, 4) is 0 Å². The number of benzene rings is 1. The predicted octanol–water partition coefficient (Wildman–Crippen LogP) is 2.07. The molecule has 4 heteroatoms. The minimum Gasteiger partial charge on any atom is -0.271 e. The average molecular weight is 230 g/mol. The Morgan fingerprint density at radius 2 is 1.82 bits per heavy atom. The van der Waals surface area contributed by atoms with Crippen molar-refractivity contribution in [1.29, 1.82) is 0 Å². The number of hydrazone groups is 1. The highest BCUT2D eigenvalue weighted by molar-refractivity contribution is 6.18. The molecule has 2 amide bonds. The first-order valence-electron chi connectivity index (χ1n) is 5.44. The molecule has 1 aliphatic heterocycles. The Bertz CT molecular complexity index is 503. The highest BCUT2D eigenvalue weighted by Crippen LogP contribution is 2.28. The van der Waals surface area contributed by atoms with Crippen LogP contribution in [0.4, 0.5) is 0 Å². The number of carbonyl (C=O) groups excluding carboxylic acids is 2. The summed E-state index contributed by atoms with van der Waals surface area (Å²) < 4.78 is 0. The van der Waals surface area contributed by atoms with Gasteiger partial charge in [-0.25, -0.2) is 0 Å². The van der Waals surface area contributed by atoms with Crippen LogP contribution in [0.5, 0.6) is 0 Å². The lowest BCUT2D eigenvalue weighted by Crippen LogP contribution is -2.37. The fourth-order valence-electron chi connectivity index (χ4n) is 1.58. The van der Waals surface area contributed by atoms with Gasteiger partial charge in [0.25, 0.3) is 11.8 Å². The van der Waals surface area contributed by atoms with Crippen molar-refractivity contribution in [1.82, 2.24) is 5.01 Å². The third-order valence-corrected chi connectivity index (χ3v) is 3.09. The van der Waals surface area contributed by atoms with Gasteiger partial charge in [0.2, 0.25) is 0 Å². The summed E-state index contributed by atoms with van der Waals surface area (Å²) in [5, 5.41) is 5.01. The first kappa shape index (κ1) is 11.5. The molecule has 0 N–H and O–H groups in total. The Kier molecular flexibility index (Phi) is 2.58. The van der Waals surface area contributed by atoms with Gasteiger partial charge in [0.05, 0.1) is 11.1 Å². The van der Waals surface area contributed by atoms with Gasteiger partial charge in [-0.15, -0.1) is 0 Å². The molecule has 0 bridgehead atoms. The quantitative estimate of drug-likeness (QED) is 0.693. The summed E-state index contributed by atoms with van der Waals surface area (Å²) in [5.41, 5.74) is 0.437. The van der Waals surface area contributed by atoms with Crippen LogP contribution in [0.25, 0.3) is 0 Å². The molecule has 2 rings (SSSR count). The van der Waals surface area contributed by atoms with Crippen LogP contribution < -0.4 is 0 Å². The van der Waals surface area contributed by atoms with Gasteiger partial charge in [-0.2, -0.15) is 10.1 Å². The molecule has 0 atom stereocenters. The minimum atomic E-state index is -0.690. The van der Waals surface area contributed by atoms with Gasteiger partial charge in [-0.1, -0.05) is 18.2 Å². The number of imide groups is 1. The number of nitrogens with zero attached hydrogens (tertiary/aromatic N) is 2. The highest BCUT2D eigenvalue weighted by Gasteiger charge is 2.43. The fraction of sp³-hybridized carbons (Fsp3) is 0.308. The van der Waals surface area contributed by atoms with Crippen molar-refractivity contribution < 1.29 is 9.59 Å². The van der Waals surface area contributed by atoms with Crippen LogP contribution in [0.3, 0.4) is 0 Å². The third kappa shape index (κ3) is 1.75.